The number of aliphatic hydroxyl groups is 2. The molecule has 2 N–H and O–H groups in total. The average Bonchev–Trinajstić information content (AvgIpc) is 3.78. The first-order valence-electron chi connectivity index (χ1n) is 22.1. The van der Waals surface area contributed by atoms with Crippen molar-refractivity contribution in [2.24, 2.45) is 44.3 Å². The van der Waals surface area contributed by atoms with Crippen LogP contribution in [-0.2, 0) is 23.9 Å². The Balaban J connectivity index is 0.000000380. The van der Waals surface area contributed by atoms with E-state index in [1.807, 2.05) is 48.5 Å². The van der Waals surface area contributed by atoms with Crippen molar-refractivity contribution in [3.63, 3.8) is 0 Å². The molecule has 55 heavy (non-hydrogen) atoms. The highest BCUT2D eigenvalue weighted by atomic mass is 16.6. The number of hydrogen-bond donors (Lipinski definition) is 2. The molecule has 7 nitrogen and oxygen atoms in total. The standard InChI is InChI=1S/C24H44O4.C24H42O3/c1-22(2,3)16-17-10-8-11-19(26)20(27)12-9-14-24(7,15-13-18(17)25)21(28)23(4,5)6;1-22(2,3)16-24(7)15-9-12-19-18(27-19)11-8-10-17(13-14-20(24)25)21(26)23(4,5)6/h17,19-20,26-27H,8-16H2,1-7H3;17-19H,8-16H2,1-7H3. The molecule has 3 aliphatic rings. The number of hydrogen-bond acceptors (Lipinski definition) is 7. The number of Topliss-reactive ketones (excluding diaryl/α,β-unsaturated/α-hetero) is 4. The third kappa shape index (κ3) is 17.1. The minimum absolute atomic E-state index is 0.00536. The lowest BCUT2D eigenvalue weighted by atomic mass is 9.67. The zero-order valence-electron chi connectivity index (χ0n) is 38.1. The zero-order chi connectivity index (χ0) is 42.2. The maximum Gasteiger partial charge on any atom is 0.144 e. The SMILES string of the molecule is CC(C)(C)CC1(C)CCCC2OC2CCCC(C(=O)C(C)(C)C)CCC1=O.CC(C)(C)CC1CCCC(O)C(O)CCCC(C)(C(=O)C(C)(C)C)CCC1=O. The van der Waals surface area contributed by atoms with Crippen LogP contribution in [0.3, 0.4) is 0 Å². The average molecular weight is 775 g/mol. The van der Waals surface area contributed by atoms with E-state index in [0.29, 0.717) is 75.1 Å². The highest BCUT2D eigenvalue weighted by Crippen LogP contribution is 2.43. The third-order valence-electron chi connectivity index (χ3n) is 12.6. The molecular formula is C48H86O7. The Kier molecular flexibility index (Phi) is 18.1. The molecule has 2 saturated carbocycles. The summed E-state index contributed by atoms with van der Waals surface area (Å²) < 4.78 is 5.85. The molecule has 0 spiro atoms. The van der Waals surface area contributed by atoms with Crippen LogP contribution >= 0.6 is 0 Å². The van der Waals surface area contributed by atoms with Crippen LogP contribution in [0.2, 0.25) is 0 Å². The van der Waals surface area contributed by atoms with Gasteiger partial charge in [-0.1, -0.05) is 110 Å². The van der Waals surface area contributed by atoms with Gasteiger partial charge < -0.3 is 14.9 Å². The lowest BCUT2D eigenvalue weighted by Crippen LogP contribution is -2.38. The van der Waals surface area contributed by atoms with Gasteiger partial charge in [-0.3, -0.25) is 19.2 Å². The van der Waals surface area contributed by atoms with Crippen molar-refractivity contribution in [3.05, 3.63) is 0 Å². The summed E-state index contributed by atoms with van der Waals surface area (Å²) in [6, 6.07) is 0. The summed E-state index contributed by atoms with van der Waals surface area (Å²) in [4.78, 5) is 52.5. The number of carbonyl (C=O) groups is 4. The predicted molar refractivity (Wildman–Crippen MR) is 225 cm³/mol. The minimum atomic E-state index is -0.758. The van der Waals surface area contributed by atoms with Gasteiger partial charge in [-0.05, 0) is 101 Å². The van der Waals surface area contributed by atoms with Crippen molar-refractivity contribution in [2.45, 2.75) is 237 Å². The number of ether oxygens (including phenoxy) is 1. The molecule has 3 rings (SSSR count). The summed E-state index contributed by atoms with van der Waals surface area (Å²) in [6.45, 7) is 29.1. The number of ketones is 4. The molecule has 1 saturated heterocycles. The van der Waals surface area contributed by atoms with Crippen LogP contribution in [0.4, 0.5) is 0 Å². The molecule has 0 aromatic rings. The van der Waals surface area contributed by atoms with Crippen molar-refractivity contribution in [2.75, 3.05) is 0 Å². The van der Waals surface area contributed by atoms with E-state index in [2.05, 4.69) is 48.5 Å². The third-order valence-corrected chi connectivity index (χ3v) is 12.6. The summed E-state index contributed by atoms with van der Waals surface area (Å²) in [6.07, 6.45) is 13.1. The monoisotopic (exact) mass is 775 g/mol. The van der Waals surface area contributed by atoms with Gasteiger partial charge in [0.25, 0.3) is 0 Å². The summed E-state index contributed by atoms with van der Waals surface area (Å²) in [5.41, 5.74) is -1.48. The number of carbonyl (C=O) groups excluding carboxylic acids is 4. The Labute approximate surface area is 337 Å². The van der Waals surface area contributed by atoms with Crippen LogP contribution < -0.4 is 0 Å². The van der Waals surface area contributed by atoms with Crippen LogP contribution in [0, 0.1) is 44.3 Å². The fourth-order valence-electron chi connectivity index (χ4n) is 9.70. The minimum Gasteiger partial charge on any atom is -0.390 e. The molecule has 0 radical (unpaired) electrons. The van der Waals surface area contributed by atoms with Gasteiger partial charge in [-0.2, -0.15) is 0 Å². The van der Waals surface area contributed by atoms with Crippen LogP contribution in [-0.4, -0.2) is 57.8 Å². The van der Waals surface area contributed by atoms with Crippen LogP contribution in [0.15, 0.2) is 0 Å². The van der Waals surface area contributed by atoms with Crippen molar-refractivity contribution in [1.82, 2.24) is 0 Å². The Morgan fingerprint density at radius 1 is 0.636 bits per heavy atom. The number of rotatable bonds is 4. The predicted octanol–water partition coefficient (Wildman–Crippen LogP) is 11.2. The second kappa shape index (κ2) is 20.0. The van der Waals surface area contributed by atoms with Crippen LogP contribution in [0.5, 0.6) is 0 Å². The second-order valence-corrected chi connectivity index (χ2v) is 23.1. The van der Waals surface area contributed by atoms with E-state index in [-0.39, 0.29) is 45.1 Å². The highest BCUT2D eigenvalue weighted by Gasteiger charge is 2.43. The number of aliphatic hydroxyl groups excluding tert-OH is 2. The Morgan fingerprint density at radius 2 is 1.16 bits per heavy atom. The molecule has 2 aliphatic carbocycles. The van der Waals surface area contributed by atoms with E-state index in [1.165, 1.54) is 0 Å². The van der Waals surface area contributed by atoms with Crippen LogP contribution in [0.25, 0.3) is 0 Å². The van der Waals surface area contributed by atoms with Gasteiger partial charge in [0.15, 0.2) is 0 Å². The molecule has 1 aliphatic heterocycles. The smallest absolute Gasteiger partial charge is 0.144 e. The van der Waals surface area contributed by atoms with Crippen LogP contribution in [0.1, 0.15) is 213 Å². The van der Waals surface area contributed by atoms with Crippen molar-refractivity contribution >= 4 is 23.1 Å². The van der Waals surface area contributed by atoms with E-state index >= 15 is 0 Å². The van der Waals surface area contributed by atoms with E-state index in [4.69, 9.17) is 4.74 Å². The largest absolute Gasteiger partial charge is 0.390 e. The molecular weight excluding hydrogens is 689 g/mol. The van der Waals surface area contributed by atoms with Gasteiger partial charge in [0, 0.05) is 46.3 Å². The first-order valence-corrected chi connectivity index (χ1v) is 22.1. The van der Waals surface area contributed by atoms with Crippen molar-refractivity contribution in [1.29, 1.82) is 0 Å². The molecule has 7 heteroatoms. The number of epoxide rings is 1. The summed E-state index contributed by atoms with van der Waals surface area (Å²) in [5, 5.41) is 20.6. The Morgan fingerprint density at radius 3 is 1.69 bits per heavy atom. The van der Waals surface area contributed by atoms with Crippen molar-refractivity contribution in [3.8, 4) is 0 Å². The fourth-order valence-corrected chi connectivity index (χ4v) is 9.70. The Bertz CT molecular complexity index is 1260. The first kappa shape index (κ1) is 49.7. The normalized spacial score (nSPS) is 33.1. The van der Waals surface area contributed by atoms with Gasteiger partial charge in [-0.15, -0.1) is 0 Å². The summed E-state index contributed by atoms with van der Waals surface area (Å²) >= 11 is 0. The molecule has 3 fully saturated rings. The summed E-state index contributed by atoms with van der Waals surface area (Å²) in [5.74, 6) is 1.07. The fraction of sp³-hybridized carbons (Fsp3) is 0.917. The van der Waals surface area contributed by atoms with Gasteiger partial charge in [0.05, 0.1) is 24.4 Å². The number of fused-ring (bicyclic) bond motifs is 1. The lowest BCUT2D eigenvalue weighted by molar-refractivity contribution is -0.137. The molecule has 8 atom stereocenters. The molecule has 8 unspecified atom stereocenters. The van der Waals surface area contributed by atoms with Gasteiger partial charge in [0.2, 0.25) is 0 Å². The second-order valence-electron chi connectivity index (χ2n) is 23.1. The lowest BCUT2D eigenvalue weighted by Gasteiger charge is -2.35. The molecule has 0 aromatic carbocycles. The summed E-state index contributed by atoms with van der Waals surface area (Å²) in [7, 11) is 0. The van der Waals surface area contributed by atoms with Gasteiger partial charge in [-0.25, -0.2) is 0 Å². The molecule has 0 amide bonds. The molecule has 0 aromatic heterocycles. The topological polar surface area (TPSA) is 121 Å². The maximum atomic E-state index is 13.3. The van der Waals surface area contributed by atoms with E-state index < -0.39 is 23.0 Å². The molecule has 320 valence electrons. The molecule has 0 bridgehead atoms. The van der Waals surface area contributed by atoms with Gasteiger partial charge >= 0.3 is 0 Å². The van der Waals surface area contributed by atoms with E-state index in [9.17, 15) is 29.4 Å². The molecule has 1 heterocycles. The maximum absolute atomic E-state index is 13.3. The zero-order valence-corrected chi connectivity index (χ0v) is 38.1. The van der Waals surface area contributed by atoms with Crippen molar-refractivity contribution < 1.29 is 34.1 Å². The quantitative estimate of drug-likeness (QED) is 0.273. The Hall–Kier alpha value is -1.44. The van der Waals surface area contributed by atoms with Gasteiger partial charge in [0.1, 0.15) is 23.1 Å². The van der Waals surface area contributed by atoms with E-state index in [1.54, 1.807) is 0 Å². The highest BCUT2D eigenvalue weighted by molar-refractivity contribution is 5.90. The first-order chi connectivity index (χ1) is 25.0. The van der Waals surface area contributed by atoms with E-state index in [0.717, 1.165) is 64.2 Å².